The molecule has 0 aromatic carbocycles. The number of carbonyl (C=O) groups is 2. The van der Waals surface area contributed by atoms with E-state index in [1.807, 2.05) is 24.4 Å². The van der Waals surface area contributed by atoms with E-state index in [-0.39, 0.29) is 12.3 Å². The number of amides is 1. The molecule has 1 aromatic heterocycles. The fourth-order valence-corrected chi connectivity index (χ4v) is 2.97. The second kappa shape index (κ2) is 5.98. The SMILES string of the molecule is C/C(=N/N=C1/NC(=O)[C@H](CC(=O)[O-])S1)c1cccs1. The van der Waals surface area contributed by atoms with Crippen molar-refractivity contribution in [2.45, 2.75) is 18.6 Å². The molecule has 0 aliphatic carbocycles. The van der Waals surface area contributed by atoms with Crippen molar-refractivity contribution in [2.75, 3.05) is 0 Å². The second-order valence-electron chi connectivity index (χ2n) is 3.74. The number of carbonyl (C=O) groups excluding carboxylic acids is 2. The van der Waals surface area contributed by atoms with E-state index in [4.69, 9.17) is 0 Å². The predicted octanol–water partition coefficient (Wildman–Crippen LogP) is 0.200. The van der Waals surface area contributed by atoms with E-state index >= 15 is 0 Å². The van der Waals surface area contributed by atoms with Crippen LogP contribution in [0.1, 0.15) is 18.2 Å². The number of thioether (sulfide) groups is 1. The van der Waals surface area contributed by atoms with Crippen molar-refractivity contribution in [3.05, 3.63) is 22.4 Å². The van der Waals surface area contributed by atoms with E-state index in [9.17, 15) is 14.7 Å². The zero-order chi connectivity index (χ0) is 13.8. The third-order valence-corrected chi connectivity index (χ3v) is 4.35. The smallest absolute Gasteiger partial charge is 0.239 e. The summed E-state index contributed by atoms with van der Waals surface area (Å²) in [5.74, 6) is -1.64. The van der Waals surface area contributed by atoms with Crippen LogP contribution >= 0.6 is 23.1 Å². The molecule has 0 bridgehead atoms. The number of carboxylic acid groups (broad SMARTS) is 1. The van der Waals surface area contributed by atoms with Crippen LogP contribution < -0.4 is 10.4 Å². The molecule has 2 rings (SSSR count). The Morgan fingerprint density at radius 3 is 3.00 bits per heavy atom. The van der Waals surface area contributed by atoms with E-state index in [0.717, 1.165) is 22.4 Å². The lowest BCUT2D eigenvalue weighted by Crippen LogP contribution is -2.31. The second-order valence-corrected chi connectivity index (χ2v) is 5.88. The lowest BCUT2D eigenvalue weighted by molar-refractivity contribution is -0.305. The molecular weight excluding hydrogens is 286 g/mol. The van der Waals surface area contributed by atoms with Crippen molar-refractivity contribution in [1.82, 2.24) is 5.32 Å². The maximum Gasteiger partial charge on any atom is 0.239 e. The molecular formula is C11H10N3O3S2-. The molecule has 1 aliphatic heterocycles. The van der Waals surface area contributed by atoms with Crippen molar-refractivity contribution < 1.29 is 14.7 Å². The maximum atomic E-state index is 11.4. The molecule has 1 amide bonds. The van der Waals surface area contributed by atoms with Crippen molar-refractivity contribution in [3.63, 3.8) is 0 Å². The fourth-order valence-electron chi connectivity index (χ4n) is 1.39. The molecule has 0 spiro atoms. The minimum absolute atomic E-state index is 0.312. The number of nitrogens with zero attached hydrogens (tertiary/aromatic N) is 2. The summed E-state index contributed by atoms with van der Waals surface area (Å²) in [7, 11) is 0. The minimum atomic E-state index is -1.26. The minimum Gasteiger partial charge on any atom is -0.550 e. The Kier molecular flexibility index (Phi) is 4.33. The van der Waals surface area contributed by atoms with Crippen LogP contribution in [0, 0.1) is 0 Å². The number of amidine groups is 1. The van der Waals surface area contributed by atoms with Gasteiger partial charge in [0.1, 0.15) is 0 Å². The summed E-state index contributed by atoms with van der Waals surface area (Å²) in [5.41, 5.74) is 0.737. The highest BCUT2D eigenvalue weighted by Gasteiger charge is 2.30. The predicted molar refractivity (Wildman–Crippen MR) is 73.1 cm³/mol. The van der Waals surface area contributed by atoms with Gasteiger partial charge in [-0.25, -0.2) is 0 Å². The average Bonchev–Trinajstić information content (AvgIpc) is 2.96. The molecule has 0 unspecified atom stereocenters. The number of thiophene rings is 1. The molecule has 19 heavy (non-hydrogen) atoms. The van der Waals surface area contributed by atoms with Crippen LogP contribution in [0.5, 0.6) is 0 Å². The molecule has 2 heterocycles. The lowest BCUT2D eigenvalue weighted by Gasteiger charge is -2.04. The first-order valence-electron chi connectivity index (χ1n) is 5.40. The summed E-state index contributed by atoms with van der Waals surface area (Å²) >= 11 is 2.59. The standard InChI is InChI=1S/C11H11N3O3S2/c1-6(7-3-2-4-18-7)13-14-11-12-10(17)8(19-11)5-9(15)16/h2-4,8H,5H2,1H3,(H,15,16)(H,12,14,17)/p-1/b13-6-/t8-/m0/s1. The van der Waals surface area contributed by atoms with Crippen molar-refractivity contribution in [3.8, 4) is 0 Å². The van der Waals surface area contributed by atoms with Gasteiger partial charge in [0.15, 0.2) is 5.17 Å². The first kappa shape index (κ1) is 13.8. The van der Waals surface area contributed by atoms with Gasteiger partial charge in [-0.3, -0.25) is 4.79 Å². The number of rotatable bonds is 4. The summed E-state index contributed by atoms with van der Waals surface area (Å²) in [6.45, 7) is 1.82. The summed E-state index contributed by atoms with van der Waals surface area (Å²) < 4.78 is 0. The normalized spacial score (nSPS) is 21.7. The van der Waals surface area contributed by atoms with Gasteiger partial charge in [-0.2, -0.15) is 5.10 Å². The zero-order valence-corrected chi connectivity index (χ0v) is 11.6. The molecule has 8 heteroatoms. The average molecular weight is 296 g/mol. The Labute approximate surface area is 117 Å². The van der Waals surface area contributed by atoms with E-state index in [1.54, 1.807) is 11.3 Å². The summed E-state index contributed by atoms with van der Waals surface area (Å²) in [6.07, 6.45) is -0.330. The fraction of sp³-hybridized carbons (Fsp3) is 0.273. The van der Waals surface area contributed by atoms with Gasteiger partial charge < -0.3 is 15.2 Å². The lowest BCUT2D eigenvalue weighted by atomic mass is 10.3. The topological polar surface area (TPSA) is 94.0 Å². The number of carboxylic acids is 1. The first-order valence-corrected chi connectivity index (χ1v) is 7.15. The molecule has 1 N–H and O–H groups in total. The van der Waals surface area contributed by atoms with Gasteiger partial charge in [0, 0.05) is 12.4 Å². The molecule has 100 valence electrons. The van der Waals surface area contributed by atoms with Crippen LogP contribution in [-0.4, -0.2) is 28.0 Å². The Hall–Kier alpha value is -1.67. The molecule has 0 saturated carbocycles. The van der Waals surface area contributed by atoms with Crippen LogP contribution in [0.4, 0.5) is 0 Å². The molecule has 1 atom stereocenters. The Balaban J connectivity index is 2.04. The van der Waals surface area contributed by atoms with Gasteiger partial charge in [-0.15, -0.1) is 16.4 Å². The van der Waals surface area contributed by atoms with Crippen LogP contribution in [0.3, 0.4) is 0 Å². The molecule has 1 fully saturated rings. The molecule has 6 nitrogen and oxygen atoms in total. The van der Waals surface area contributed by atoms with Gasteiger partial charge in [-0.1, -0.05) is 17.8 Å². The first-order chi connectivity index (χ1) is 9.06. The summed E-state index contributed by atoms with van der Waals surface area (Å²) in [4.78, 5) is 22.9. The van der Waals surface area contributed by atoms with Gasteiger partial charge >= 0.3 is 0 Å². The highest BCUT2D eigenvalue weighted by Crippen LogP contribution is 2.22. The van der Waals surface area contributed by atoms with Crippen molar-refractivity contribution in [2.24, 2.45) is 10.2 Å². The van der Waals surface area contributed by atoms with Crippen LogP contribution in [0.2, 0.25) is 0 Å². The van der Waals surface area contributed by atoms with E-state index in [1.165, 1.54) is 0 Å². The highest BCUT2D eigenvalue weighted by molar-refractivity contribution is 8.15. The molecule has 1 aromatic rings. The summed E-state index contributed by atoms with van der Waals surface area (Å²) in [6, 6.07) is 3.83. The van der Waals surface area contributed by atoms with Crippen LogP contribution in [0.15, 0.2) is 27.7 Å². The Bertz CT molecular complexity index is 552. The van der Waals surface area contributed by atoms with Crippen molar-refractivity contribution >= 4 is 45.9 Å². The quantitative estimate of drug-likeness (QED) is 0.634. The molecule has 1 aliphatic rings. The zero-order valence-electron chi connectivity index (χ0n) is 9.95. The number of aliphatic carboxylic acids is 1. The molecule has 0 radical (unpaired) electrons. The monoisotopic (exact) mass is 296 g/mol. The van der Waals surface area contributed by atoms with E-state index < -0.39 is 11.2 Å². The summed E-state index contributed by atoms with van der Waals surface area (Å²) in [5, 5.41) is 22.4. The van der Waals surface area contributed by atoms with Crippen LogP contribution in [-0.2, 0) is 9.59 Å². The van der Waals surface area contributed by atoms with E-state index in [0.29, 0.717) is 5.17 Å². The van der Waals surface area contributed by atoms with Crippen molar-refractivity contribution in [1.29, 1.82) is 0 Å². The number of nitrogens with one attached hydrogen (secondary N) is 1. The third kappa shape index (κ3) is 3.65. The Morgan fingerprint density at radius 2 is 2.37 bits per heavy atom. The van der Waals surface area contributed by atoms with Gasteiger partial charge in [0.2, 0.25) is 5.91 Å². The van der Waals surface area contributed by atoms with Crippen LogP contribution in [0.25, 0.3) is 0 Å². The number of hydrogen-bond acceptors (Lipinski definition) is 7. The molecule has 1 saturated heterocycles. The maximum absolute atomic E-state index is 11.4. The largest absolute Gasteiger partial charge is 0.550 e. The third-order valence-electron chi connectivity index (χ3n) is 2.30. The highest BCUT2D eigenvalue weighted by atomic mass is 32.2. The van der Waals surface area contributed by atoms with E-state index in [2.05, 4.69) is 15.5 Å². The van der Waals surface area contributed by atoms with Gasteiger partial charge in [-0.05, 0) is 18.4 Å². The number of hydrogen-bond donors (Lipinski definition) is 1. The Morgan fingerprint density at radius 1 is 1.58 bits per heavy atom. The van der Waals surface area contributed by atoms with Gasteiger partial charge in [0.05, 0.1) is 15.8 Å². The van der Waals surface area contributed by atoms with Gasteiger partial charge in [0.25, 0.3) is 0 Å².